The van der Waals surface area contributed by atoms with E-state index in [4.69, 9.17) is 4.74 Å². The van der Waals surface area contributed by atoms with Crippen LogP contribution in [0.3, 0.4) is 0 Å². The van der Waals surface area contributed by atoms with Gasteiger partial charge in [0.1, 0.15) is 11.4 Å². The van der Waals surface area contributed by atoms with Crippen molar-refractivity contribution >= 4 is 16.8 Å². The van der Waals surface area contributed by atoms with Crippen LogP contribution >= 0.6 is 0 Å². The van der Waals surface area contributed by atoms with Crippen molar-refractivity contribution in [2.75, 3.05) is 6.61 Å². The van der Waals surface area contributed by atoms with E-state index in [1.807, 2.05) is 39.1 Å². The zero-order valence-corrected chi connectivity index (χ0v) is 16.5. The van der Waals surface area contributed by atoms with Crippen molar-refractivity contribution in [3.63, 3.8) is 0 Å². The van der Waals surface area contributed by atoms with E-state index in [1.165, 1.54) is 12.8 Å². The first kappa shape index (κ1) is 18.4. The van der Waals surface area contributed by atoms with Gasteiger partial charge in [-0.05, 0) is 57.2 Å². The third kappa shape index (κ3) is 4.13. The maximum atomic E-state index is 12.4. The van der Waals surface area contributed by atoms with Gasteiger partial charge in [0.2, 0.25) is 0 Å². The summed E-state index contributed by atoms with van der Waals surface area (Å²) in [5, 5.41) is 8.20. The SMILES string of the molecule is Cc1cc(Cn2cc3c(C(=O)NC(C)C)nccc3n2)ncc1OCC1CC1. The van der Waals surface area contributed by atoms with Crippen LogP contribution in [0.2, 0.25) is 0 Å². The van der Waals surface area contributed by atoms with Gasteiger partial charge in [-0.1, -0.05) is 0 Å². The lowest BCUT2D eigenvalue weighted by Gasteiger charge is -2.09. The number of fused-ring (bicyclic) bond motifs is 1. The van der Waals surface area contributed by atoms with Crippen LogP contribution in [0, 0.1) is 12.8 Å². The fourth-order valence-corrected chi connectivity index (χ4v) is 3.08. The lowest BCUT2D eigenvalue weighted by atomic mass is 10.2. The minimum absolute atomic E-state index is 0.0485. The lowest BCUT2D eigenvalue weighted by Crippen LogP contribution is -2.30. The van der Waals surface area contributed by atoms with Crippen LogP contribution in [-0.2, 0) is 6.54 Å². The Kier molecular flexibility index (Phi) is 4.98. The van der Waals surface area contributed by atoms with Crippen molar-refractivity contribution in [3.8, 4) is 5.75 Å². The molecular formula is C21H25N5O2. The monoisotopic (exact) mass is 379 g/mol. The molecule has 1 aliphatic carbocycles. The van der Waals surface area contributed by atoms with Crippen molar-refractivity contribution in [1.29, 1.82) is 0 Å². The van der Waals surface area contributed by atoms with E-state index in [9.17, 15) is 4.79 Å². The lowest BCUT2D eigenvalue weighted by molar-refractivity contribution is 0.0940. The van der Waals surface area contributed by atoms with Crippen molar-refractivity contribution in [1.82, 2.24) is 25.1 Å². The number of hydrogen-bond acceptors (Lipinski definition) is 5. The van der Waals surface area contributed by atoms with Gasteiger partial charge in [0, 0.05) is 18.4 Å². The number of aryl methyl sites for hydroxylation is 1. The zero-order valence-electron chi connectivity index (χ0n) is 16.5. The van der Waals surface area contributed by atoms with Crippen molar-refractivity contribution in [2.24, 2.45) is 5.92 Å². The summed E-state index contributed by atoms with van der Waals surface area (Å²) in [6.07, 6.45) is 7.79. The molecular weight excluding hydrogens is 354 g/mol. The first-order valence-corrected chi connectivity index (χ1v) is 9.71. The Balaban J connectivity index is 1.53. The number of aromatic nitrogens is 4. The normalized spacial score (nSPS) is 13.9. The van der Waals surface area contributed by atoms with Crippen LogP contribution in [0.15, 0.2) is 30.7 Å². The summed E-state index contributed by atoms with van der Waals surface area (Å²) in [6.45, 7) is 7.18. The summed E-state index contributed by atoms with van der Waals surface area (Å²) >= 11 is 0. The molecule has 0 saturated heterocycles. The second-order valence-corrected chi connectivity index (χ2v) is 7.74. The largest absolute Gasteiger partial charge is 0.491 e. The molecule has 0 unspecified atom stereocenters. The number of ether oxygens (including phenoxy) is 1. The Labute approximate surface area is 164 Å². The van der Waals surface area contributed by atoms with Gasteiger partial charge in [0.15, 0.2) is 0 Å². The number of nitrogens with zero attached hydrogens (tertiary/aromatic N) is 4. The molecule has 1 aliphatic rings. The first-order valence-electron chi connectivity index (χ1n) is 9.71. The van der Waals surface area contributed by atoms with Crippen molar-refractivity contribution < 1.29 is 9.53 Å². The van der Waals surface area contributed by atoms with E-state index in [2.05, 4.69) is 20.4 Å². The molecule has 0 bridgehead atoms. The third-order valence-corrected chi connectivity index (χ3v) is 4.73. The molecule has 1 saturated carbocycles. The highest BCUT2D eigenvalue weighted by molar-refractivity contribution is 6.04. The molecule has 1 fully saturated rings. The summed E-state index contributed by atoms with van der Waals surface area (Å²) in [5.74, 6) is 1.37. The molecule has 0 radical (unpaired) electrons. The average molecular weight is 379 g/mol. The van der Waals surface area contributed by atoms with E-state index in [-0.39, 0.29) is 11.9 Å². The molecule has 1 amide bonds. The third-order valence-electron chi connectivity index (χ3n) is 4.73. The summed E-state index contributed by atoms with van der Waals surface area (Å²) < 4.78 is 7.65. The molecule has 7 nitrogen and oxygen atoms in total. The molecule has 1 N–H and O–H groups in total. The number of hydrogen-bond donors (Lipinski definition) is 1. The Bertz CT molecular complexity index is 1010. The minimum atomic E-state index is -0.189. The molecule has 3 heterocycles. The van der Waals surface area contributed by atoms with Crippen LogP contribution in [0.1, 0.15) is 48.4 Å². The maximum Gasteiger partial charge on any atom is 0.270 e. The Morgan fingerprint density at radius 2 is 2.18 bits per heavy atom. The predicted molar refractivity (Wildman–Crippen MR) is 106 cm³/mol. The topological polar surface area (TPSA) is 81.9 Å². The standard InChI is InChI=1S/C21H25N5O2/c1-13(2)24-21(27)20-17-11-26(25-18(17)6-7-22-20)10-16-8-14(3)19(9-23-16)28-12-15-4-5-15/h6-9,11,13,15H,4-5,10,12H2,1-3H3,(H,24,27). The fourth-order valence-electron chi connectivity index (χ4n) is 3.08. The molecule has 0 aliphatic heterocycles. The molecule has 0 aromatic carbocycles. The number of rotatable bonds is 7. The van der Waals surface area contributed by atoms with Gasteiger partial charge in [-0.2, -0.15) is 5.10 Å². The molecule has 4 rings (SSSR count). The maximum absolute atomic E-state index is 12.4. The second-order valence-electron chi connectivity index (χ2n) is 7.74. The van der Waals surface area contributed by atoms with Crippen LogP contribution in [0.5, 0.6) is 5.75 Å². The van der Waals surface area contributed by atoms with E-state index >= 15 is 0 Å². The quantitative estimate of drug-likeness (QED) is 0.682. The second kappa shape index (κ2) is 7.58. The van der Waals surface area contributed by atoms with E-state index in [0.717, 1.165) is 34.5 Å². The van der Waals surface area contributed by atoms with Crippen LogP contribution < -0.4 is 10.1 Å². The highest BCUT2D eigenvalue weighted by Crippen LogP contribution is 2.30. The van der Waals surface area contributed by atoms with Crippen molar-refractivity contribution in [3.05, 3.63) is 47.7 Å². The molecule has 0 atom stereocenters. The summed E-state index contributed by atoms with van der Waals surface area (Å²) in [6, 6.07) is 3.89. The molecule has 3 aromatic heterocycles. The highest BCUT2D eigenvalue weighted by Gasteiger charge is 2.22. The fraction of sp³-hybridized carbons (Fsp3) is 0.429. The van der Waals surface area contributed by atoms with Gasteiger partial charge in [0.25, 0.3) is 5.91 Å². The number of carbonyl (C=O) groups excluding carboxylic acids is 1. The van der Waals surface area contributed by atoms with E-state index in [0.29, 0.717) is 18.2 Å². The number of carbonyl (C=O) groups is 1. The number of pyridine rings is 2. The molecule has 28 heavy (non-hydrogen) atoms. The smallest absolute Gasteiger partial charge is 0.270 e. The highest BCUT2D eigenvalue weighted by atomic mass is 16.5. The van der Waals surface area contributed by atoms with E-state index < -0.39 is 0 Å². The molecule has 0 spiro atoms. The van der Waals surface area contributed by atoms with Gasteiger partial charge in [-0.15, -0.1) is 0 Å². The molecule has 3 aromatic rings. The molecule has 7 heteroatoms. The van der Waals surface area contributed by atoms with Crippen LogP contribution in [-0.4, -0.2) is 38.3 Å². The van der Waals surface area contributed by atoms with Gasteiger partial charge in [0.05, 0.1) is 35.9 Å². The first-order chi connectivity index (χ1) is 13.5. The Hall–Kier alpha value is -2.96. The summed E-state index contributed by atoms with van der Waals surface area (Å²) in [7, 11) is 0. The Morgan fingerprint density at radius 3 is 2.89 bits per heavy atom. The van der Waals surface area contributed by atoms with Gasteiger partial charge >= 0.3 is 0 Å². The zero-order chi connectivity index (χ0) is 19.7. The van der Waals surface area contributed by atoms with Crippen LogP contribution in [0.4, 0.5) is 0 Å². The summed E-state index contributed by atoms with van der Waals surface area (Å²) in [5.41, 5.74) is 3.10. The summed E-state index contributed by atoms with van der Waals surface area (Å²) in [4.78, 5) is 21.2. The van der Waals surface area contributed by atoms with Crippen LogP contribution in [0.25, 0.3) is 10.9 Å². The molecule has 146 valence electrons. The van der Waals surface area contributed by atoms with Gasteiger partial charge in [-0.25, -0.2) is 0 Å². The average Bonchev–Trinajstić information content (AvgIpc) is 3.37. The van der Waals surface area contributed by atoms with Gasteiger partial charge in [-0.3, -0.25) is 19.4 Å². The predicted octanol–water partition coefficient (Wildman–Crippen LogP) is 3.11. The van der Waals surface area contributed by atoms with Gasteiger partial charge < -0.3 is 10.1 Å². The van der Waals surface area contributed by atoms with E-state index in [1.54, 1.807) is 17.1 Å². The minimum Gasteiger partial charge on any atom is -0.491 e. The number of nitrogens with one attached hydrogen (secondary N) is 1. The Morgan fingerprint density at radius 1 is 1.36 bits per heavy atom. The van der Waals surface area contributed by atoms with Crippen molar-refractivity contribution in [2.45, 2.75) is 46.2 Å². The number of amides is 1.